The van der Waals surface area contributed by atoms with Crippen LogP contribution in [-0.4, -0.2) is 67.3 Å². The molecule has 12 heteroatoms. The third-order valence-electron chi connectivity index (χ3n) is 4.12. The topological polar surface area (TPSA) is 117 Å². The van der Waals surface area contributed by atoms with Crippen molar-refractivity contribution in [3.05, 3.63) is 29.6 Å². The zero-order chi connectivity index (χ0) is 23.1. The van der Waals surface area contributed by atoms with Crippen molar-refractivity contribution in [2.75, 3.05) is 26.9 Å². The van der Waals surface area contributed by atoms with Crippen LogP contribution in [0.15, 0.2) is 18.2 Å². The number of amides is 1. The van der Waals surface area contributed by atoms with E-state index < -0.39 is 29.6 Å². The van der Waals surface area contributed by atoms with Crippen LogP contribution in [0.25, 0.3) is 0 Å². The third-order valence-corrected chi connectivity index (χ3v) is 4.12. The Kier molecular flexibility index (Phi) is 9.00. The number of ether oxygens (including phenoxy) is 2. The minimum absolute atomic E-state index is 0.0351. The summed E-state index contributed by atoms with van der Waals surface area (Å²) in [5.41, 5.74) is -0.0837. The van der Waals surface area contributed by atoms with Gasteiger partial charge in [0.25, 0.3) is 5.91 Å². The van der Waals surface area contributed by atoms with Gasteiger partial charge in [0.2, 0.25) is 0 Å². The Hall–Kier alpha value is -2.44. The fourth-order valence-electron chi connectivity index (χ4n) is 2.55. The molecule has 2 atom stereocenters. The summed E-state index contributed by atoms with van der Waals surface area (Å²) >= 11 is 0. The van der Waals surface area contributed by atoms with Gasteiger partial charge in [-0.25, -0.2) is 9.18 Å². The quantitative estimate of drug-likeness (QED) is 0.508. The molecule has 0 aromatic heterocycles. The van der Waals surface area contributed by atoms with Gasteiger partial charge in [-0.1, -0.05) is 6.07 Å². The van der Waals surface area contributed by atoms with Crippen LogP contribution < -0.4 is 15.4 Å². The number of methoxy groups -OCH3 is 1. The van der Waals surface area contributed by atoms with Gasteiger partial charge in [-0.05, 0) is 19.9 Å². The van der Waals surface area contributed by atoms with E-state index in [1.165, 1.54) is 19.2 Å². The van der Waals surface area contributed by atoms with Crippen LogP contribution in [0.2, 0.25) is 0 Å². The van der Waals surface area contributed by atoms with Crippen molar-refractivity contribution >= 4 is 11.9 Å². The Morgan fingerprint density at radius 2 is 1.93 bits per heavy atom. The number of hydrogen-bond donors (Lipinski definition) is 4. The van der Waals surface area contributed by atoms with Gasteiger partial charge in [0.1, 0.15) is 17.7 Å². The molecule has 170 valence electrons. The van der Waals surface area contributed by atoms with Crippen LogP contribution in [0.3, 0.4) is 0 Å². The second-order valence-electron chi connectivity index (χ2n) is 6.87. The number of carboxylic acid groups (broad SMARTS) is 1. The van der Waals surface area contributed by atoms with E-state index in [1.54, 1.807) is 6.07 Å². The van der Waals surface area contributed by atoms with Crippen LogP contribution in [0.1, 0.15) is 19.4 Å². The lowest BCUT2D eigenvalue weighted by Crippen LogP contribution is -2.56. The molecule has 1 heterocycles. The normalized spacial score (nSPS) is 19.3. The number of nitrogens with one attached hydrogen (secondary N) is 2. The number of carbonyl (C=O) groups is 2. The maximum atomic E-state index is 13.3. The average molecular weight is 440 g/mol. The summed E-state index contributed by atoms with van der Waals surface area (Å²) in [6, 6.07) is 4.06. The van der Waals surface area contributed by atoms with Crippen molar-refractivity contribution in [2.24, 2.45) is 0 Å². The Morgan fingerprint density at radius 1 is 1.33 bits per heavy atom. The summed E-state index contributed by atoms with van der Waals surface area (Å²) in [6.07, 6.45) is -5.72. The molecule has 1 saturated heterocycles. The molecule has 1 aliphatic heterocycles. The third kappa shape index (κ3) is 7.43. The van der Waals surface area contributed by atoms with E-state index in [0.717, 1.165) is 0 Å². The maximum Gasteiger partial charge on any atom is 0.490 e. The fourth-order valence-corrected chi connectivity index (χ4v) is 2.55. The molecule has 4 N–H and O–H groups in total. The molecule has 0 bridgehead atoms. The number of morpholine rings is 1. The Morgan fingerprint density at radius 3 is 2.37 bits per heavy atom. The van der Waals surface area contributed by atoms with Crippen molar-refractivity contribution < 1.29 is 46.8 Å². The van der Waals surface area contributed by atoms with E-state index in [2.05, 4.69) is 10.6 Å². The zero-order valence-electron chi connectivity index (χ0n) is 16.5. The number of carbonyl (C=O) groups excluding carboxylic acids is 1. The molecular formula is C18H24F4N2O6. The molecule has 0 unspecified atom stereocenters. The molecular weight excluding hydrogens is 416 g/mol. The van der Waals surface area contributed by atoms with Gasteiger partial charge in [-0.2, -0.15) is 13.2 Å². The van der Waals surface area contributed by atoms with Crippen molar-refractivity contribution in [3.8, 4) is 5.75 Å². The Balaban J connectivity index is 0.000000553. The van der Waals surface area contributed by atoms with Crippen molar-refractivity contribution in [1.82, 2.24) is 10.6 Å². The van der Waals surface area contributed by atoms with Crippen LogP contribution in [0.5, 0.6) is 5.75 Å². The number of aliphatic hydroxyl groups excluding tert-OH is 1. The average Bonchev–Trinajstić information content (AvgIpc) is 2.67. The molecule has 0 aliphatic carbocycles. The molecule has 30 heavy (non-hydrogen) atoms. The second kappa shape index (κ2) is 10.5. The van der Waals surface area contributed by atoms with Crippen LogP contribution in [-0.2, 0) is 19.9 Å². The number of benzene rings is 1. The molecule has 1 amide bonds. The van der Waals surface area contributed by atoms with E-state index in [0.29, 0.717) is 17.9 Å². The number of aliphatic carboxylic acids is 1. The molecule has 2 rings (SSSR count). The Labute approximate surface area is 170 Å². The minimum Gasteiger partial charge on any atom is -0.496 e. The first-order valence-corrected chi connectivity index (χ1v) is 8.73. The van der Waals surface area contributed by atoms with Gasteiger partial charge >= 0.3 is 12.1 Å². The lowest BCUT2D eigenvalue weighted by Gasteiger charge is -2.33. The van der Waals surface area contributed by atoms with Gasteiger partial charge in [-0.15, -0.1) is 0 Å². The predicted octanol–water partition coefficient (Wildman–Crippen LogP) is 1.17. The van der Waals surface area contributed by atoms with E-state index in [9.17, 15) is 22.4 Å². The summed E-state index contributed by atoms with van der Waals surface area (Å²) in [4.78, 5) is 21.3. The van der Waals surface area contributed by atoms with Crippen LogP contribution in [0, 0.1) is 5.82 Å². The molecule has 1 aromatic carbocycles. The highest BCUT2D eigenvalue weighted by molar-refractivity contribution is 5.82. The number of halogens is 4. The number of aliphatic hydroxyl groups is 1. The largest absolute Gasteiger partial charge is 0.496 e. The molecule has 1 aliphatic rings. The number of hydrogen-bond acceptors (Lipinski definition) is 6. The summed E-state index contributed by atoms with van der Waals surface area (Å²) < 4.78 is 55.7. The number of carboxylic acids is 1. The minimum atomic E-state index is -5.08. The number of rotatable bonds is 5. The summed E-state index contributed by atoms with van der Waals surface area (Å²) in [5.74, 6) is -3.06. The summed E-state index contributed by atoms with van der Waals surface area (Å²) in [5, 5.41) is 22.1. The van der Waals surface area contributed by atoms with Crippen LogP contribution in [0.4, 0.5) is 17.6 Å². The standard InChI is InChI=1S/C16H23FN2O4.C2HF3O2/c1-16(2,12-5-4-10(17)6-13(12)22-3)19-15(21)14-7-18-11(8-20)9-23-14;3-2(4,5)1(6)7/h4-6,11,14,18,20H,7-9H2,1-3H3,(H,19,21);(H,6,7)/t11-,14+;/m1./s1. The fraction of sp³-hybridized carbons (Fsp3) is 0.556. The smallest absolute Gasteiger partial charge is 0.490 e. The summed E-state index contributed by atoms with van der Waals surface area (Å²) in [7, 11) is 1.46. The van der Waals surface area contributed by atoms with E-state index >= 15 is 0 Å². The first-order chi connectivity index (χ1) is 13.8. The zero-order valence-corrected chi connectivity index (χ0v) is 16.5. The van der Waals surface area contributed by atoms with E-state index in [1.807, 2.05) is 13.8 Å². The first-order valence-electron chi connectivity index (χ1n) is 8.73. The SMILES string of the molecule is COc1cc(F)ccc1C(C)(C)NC(=O)[C@@H]1CN[C@H](CO)CO1.O=C(O)C(F)(F)F. The maximum absolute atomic E-state index is 13.3. The van der Waals surface area contributed by atoms with Gasteiger partial charge < -0.3 is 30.3 Å². The second-order valence-corrected chi connectivity index (χ2v) is 6.87. The molecule has 0 spiro atoms. The highest BCUT2D eigenvalue weighted by atomic mass is 19.4. The monoisotopic (exact) mass is 440 g/mol. The molecule has 1 fully saturated rings. The van der Waals surface area contributed by atoms with Crippen LogP contribution >= 0.6 is 0 Å². The summed E-state index contributed by atoms with van der Waals surface area (Å²) in [6.45, 7) is 4.19. The predicted molar refractivity (Wildman–Crippen MR) is 96.4 cm³/mol. The van der Waals surface area contributed by atoms with Crippen molar-refractivity contribution in [3.63, 3.8) is 0 Å². The molecule has 1 aromatic rings. The first kappa shape index (κ1) is 25.6. The van der Waals surface area contributed by atoms with E-state index in [-0.39, 0.29) is 25.2 Å². The Bertz CT molecular complexity index is 734. The molecule has 0 saturated carbocycles. The van der Waals surface area contributed by atoms with Crippen molar-refractivity contribution in [1.29, 1.82) is 0 Å². The van der Waals surface area contributed by atoms with Gasteiger partial charge in [0.15, 0.2) is 0 Å². The van der Waals surface area contributed by atoms with E-state index in [4.69, 9.17) is 24.5 Å². The molecule has 0 radical (unpaired) electrons. The molecule has 8 nitrogen and oxygen atoms in total. The lowest BCUT2D eigenvalue weighted by atomic mass is 9.92. The number of alkyl halides is 3. The highest BCUT2D eigenvalue weighted by Gasteiger charge is 2.38. The van der Waals surface area contributed by atoms with Gasteiger partial charge in [-0.3, -0.25) is 4.79 Å². The van der Waals surface area contributed by atoms with Crippen molar-refractivity contribution in [2.45, 2.75) is 37.7 Å². The van der Waals surface area contributed by atoms with Gasteiger partial charge in [0.05, 0.1) is 31.9 Å². The lowest BCUT2D eigenvalue weighted by molar-refractivity contribution is -0.192. The van der Waals surface area contributed by atoms with Gasteiger partial charge in [0, 0.05) is 18.2 Å². The highest BCUT2D eigenvalue weighted by Crippen LogP contribution is 2.30.